The van der Waals surface area contributed by atoms with Crippen LogP contribution in [0.5, 0.6) is 0 Å². The molecule has 1 atom stereocenters. The van der Waals surface area contributed by atoms with E-state index in [1.165, 1.54) is 12.1 Å². The van der Waals surface area contributed by atoms with E-state index in [0.717, 1.165) is 44.3 Å². The number of aromatic nitrogens is 2. The average Bonchev–Trinajstić information content (AvgIpc) is 3.38. The maximum Gasteiger partial charge on any atom is 0.257 e. The van der Waals surface area contributed by atoms with Gasteiger partial charge in [0.2, 0.25) is 5.89 Å². The summed E-state index contributed by atoms with van der Waals surface area (Å²) in [5, 5.41) is 4.07. The molecule has 1 amide bonds. The Kier molecular flexibility index (Phi) is 4.04. The summed E-state index contributed by atoms with van der Waals surface area (Å²) < 4.78 is 19.5. The van der Waals surface area contributed by atoms with E-state index in [1.54, 1.807) is 17.0 Å². The normalized spacial score (nSPS) is 21.5. The first kappa shape index (κ1) is 15.3. The fourth-order valence-corrected chi connectivity index (χ4v) is 3.29. The Morgan fingerprint density at radius 1 is 1.17 bits per heavy atom. The number of hydrogen-bond donors (Lipinski definition) is 0. The summed E-state index contributed by atoms with van der Waals surface area (Å²) in [6.07, 6.45) is 5.91. The molecule has 2 aromatic rings. The molecule has 2 heterocycles. The van der Waals surface area contributed by atoms with Crippen LogP contribution in [-0.2, 0) is 0 Å². The quantitative estimate of drug-likeness (QED) is 0.858. The Morgan fingerprint density at radius 3 is 2.79 bits per heavy atom. The van der Waals surface area contributed by atoms with Crippen LogP contribution in [0.1, 0.15) is 72.6 Å². The fraction of sp³-hybridized carbons (Fsp3) is 0.500. The SMILES string of the molecule is O=C(c1ccccc1F)N1CCCCCC1c1nc(C2CC2)no1. The minimum atomic E-state index is -0.491. The number of hydrogen-bond acceptors (Lipinski definition) is 4. The molecule has 0 radical (unpaired) electrons. The first-order valence-corrected chi connectivity index (χ1v) is 8.63. The highest BCUT2D eigenvalue weighted by Gasteiger charge is 2.35. The standard InChI is InChI=1S/C18H20FN3O2/c19-14-7-4-3-6-13(14)18(23)22-11-5-1-2-8-15(22)17-20-16(21-24-17)12-9-10-12/h3-4,6-7,12,15H,1-2,5,8-11H2. The summed E-state index contributed by atoms with van der Waals surface area (Å²) >= 11 is 0. The lowest BCUT2D eigenvalue weighted by Crippen LogP contribution is -2.35. The van der Waals surface area contributed by atoms with Crippen LogP contribution in [0.4, 0.5) is 4.39 Å². The maximum atomic E-state index is 14.0. The van der Waals surface area contributed by atoms with Crippen molar-refractivity contribution in [1.29, 1.82) is 0 Å². The number of carbonyl (C=O) groups excluding carboxylic acids is 1. The fourth-order valence-electron chi connectivity index (χ4n) is 3.29. The van der Waals surface area contributed by atoms with E-state index in [2.05, 4.69) is 10.1 Å². The zero-order valence-corrected chi connectivity index (χ0v) is 13.4. The highest BCUT2D eigenvalue weighted by Crippen LogP contribution is 2.39. The number of amides is 1. The molecule has 6 heteroatoms. The molecule has 24 heavy (non-hydrogen) atoms. The van der Waals surface area contributed by atoms with Gasteiger partial charge in [0, 0.05) is 12.5 Å². The Morgan fingerprint density at radius 2 is 2.00 bits per heavy atom. The highest BCUT2D eigenvalue weighted by atomic mass is 19.1. The zero-order chi connectivity index (χ0) is 16.5. The smallest absolute Gasteiger partial charge is 0.257 e. The number of benzene rings is 1. The third-order valence-electron chi connectivity index (χ3n) is 4.80. The van der Waals surface area contributed by atoms with Gasteiger partial charge in [-0.15, -0.1) is 0 Å². The average molecular weight is 329 g/mol. The Balaban J connectivity index is 1.64. The summed E-state index contributed by atoms with van der Waals surface area (Å²) in [5.41, 5.74) is 0.103. The molecule has 1 saturated heterocycles. The van der Waals surface area contributed by atoms with Gasteiger partial charge in [0.25, 0.3) is 5.91 Å². The van der Waals surface area contributed by atoms with E-state index in [-0.39, 0.29) is 17.5 Å². The monoisotopic (exact) mass is 329 g/mol. The van der Waals surface area contributed by atoms with Crippen molar-refractivity contribution in [3.63, 3.8) is 0 Å². The molecule has 1 saturated carbocycles. The predicted octanol–water partition coefficient (Wildman–Crippen LogP) is 3.84. The Labute approximate surface area is 139 Å². The number of carbonyl (C=O) groups is 1. The van der Waals surface area contributed by atoms with Gasteiger partial charge in [-0.05, 0) is 37.8 Å². The van der Waals surface area contributed by atoms with Gasteiger partial charge in [0.05, 0.1) is 5.56 Å². The van der Waals surface area contributed by atoms with Crippen molar-refractivity contribution in [2.45, 2.75) is 50.5 Å². The molecule has 5 nitrogen and oxygen atoms in total. The van der Waals surface area contributed by atoms with Gasteiger partial charge in [-0.25, -0.2) is 4.39 Å². The van der Waals surface area contributed by atoms with Crippen LogP contribution in [-0.4, -0.2) is 27.5 Å². The van der Waals surface area contributed by atoms with Crippen molar-refractivity contribution in [1.82, 2.24) is 15.0 Å². The third kappa shape index (κ3) is 2.92. The van der Waals surface area contributed by atoms with E-state index >= 15 is 0 Å². The van der Waals surface area contributed by atoms with Crippen LogP contribution in [0.3, 0.4) is 0 Å². The van der Waals surface area contributed by atoms with Gasteiger partial charge in [-0.3, -0.25) is 4.79 Å². The van der Waals surface area contributed by atoms with Crippen molar-refractivity contribution in [3.05, 3.63) is 47.4 Å². The minimum absolute atomic E-state index is 0.103. The van der Waals surface area contributed by atoms with E-state index in [4.69, 9.17) is 4.52 Å². The second kappa shape index (κ2) is 6.34. The molecule has 1 aromatic heterocycles. The lowest BCUT2D eigenvalue weighted by atomic mass is 10.1. The molecular formula is C18H20FN3O2. The van der Waals surface area contributed by atoms with E-state index in [9.17, 15) is 9.18 Å². The van der Waals surface area contributed by atoms with Crippen molar-refractivity contribution in [3.8, 4) is 0 Å². The molecule has 2 fully saturated rings. The van der Waals surface area contributed by atoms with Crippen molar-refractivity contribution in [2.24, 2.45) is 0 Å². The second-order valence-electron chi connectivity index (χ2n) is 6.61. The number of halogens is 1. The molecule has 0 spiro atoms. The summed E-state index contributed by atoms with van der Waals surface area (Å²) in [6.45, 7) is 0.582. The van der Waals surface area contributed by atoms with Gasteiger partial charge in [-0.2, -0.15) is 4.98 Å². The first-order chi connectivity index (χ1) is 11.7. The highest BCUT2D eigenvalue weighted by molar-refractivity contribution is 5.94. The van der Waals surface area contributed by atoms with Gasteiger partial charge in [0.1, 0.15) is 11.9 Å². The summed E-state index contributed by atoms with van der Waals surface area (Å²) in [5.74, 6) is 0.848. The van der Waals surface area contributed by atoms with E-state index in [0.29, 0.717) is 18.4 Å². The number of likely N-dealkylation sites (tertiary alicyclic amines) is 1. The van der Waals surface area contributed by atoms with Crippen LogP contribution in [0.25, 0.3) is 0 Å². The Hall–Kier alpha value is -2.24. The molecule has 1 aliphatic heterocycles. The second-order valence-corrected chi connectivity index (χ2v) is 6.61. The summed E-state index contributed by atoms with van der Waals surface area (Å²) in [6, 6.07) is 5.85. The lowest BCUT2D eigenvalue weighted by Gasteiger charge is -2.27. The van der Waals surface area contributed by atoms with E-state index < -0.39 is 5.82 Å². The van der Waals surface area contributed by atoms with Crippen molar-refractivity contribution in [2.75, 3.05) is 6.54 Å². The van der Waals surface area contributed by atoms with Gasteiger partial charge in [0.15, 0.2) is 5.82 Å². The van der Waals surface area contributed by atoms with Crippen molar-refractivity contribution >= 4 is 5.91 Å². The number of rotatable bonds is 3. The Bertz CT molecular complexity index is 741. The first-order valence-electron chi connectivity index (χ1n) is 8.63. The van der Waals surface area contributed by atoms with Crippen LogP contribution >= 0.6 is 0 Å². The van der Waals surface area contributed by atoms with Crippen LogP contribution in [0, 0.1) is 5.82 Å². The van der Waals surface area contributed by atoms with Gasteiger partial charge < -0.3 is 9.42 Å². The van der Waals surface area contributed by atoms with E-state index in [1.807, 2.05) is 0 Å². The third-order valence-corrected chi connectivity index (χ3v) is 4.80. The van der Waals surface area contributed by atoms with Crippen LogP contribution in [0.2, 0.25) is 0 Å². The number of nitrogens with zero attached hydrogens (tertiary/aromatic N) is 3. The molecule has 2 aliphatic rings. The minimum Gasteiger partial charge on any atom is -0.337 e. The molecule has 1 unspecified atom stereocenters. The largest absolute Gasteiger partial charge is 0.337 e. The predicted molar refractivity (Wildman–Crippen MR) is 84.9 cm³/mol. The lowest BCUT2D eigenvalue weighted by molar-refractivity contribution is 0.0639. The van der Waals surface area contributed by atoms with Crippen LogP contribution in [0.15, 0.2) is 28.8 Å². The van der Waals surface area contributed by atoms with Gasteiger partial charge in [-0.1, -0.05) is 30.1 Å². The summed E-state index contributed by atoms with van der Waals surface area (Å²) in [4.78, 5) is 19.1. The zero-order valence-electron chi connectivity index (χ0n) is 13.4. The van der Waals surface area contributed by atoms with Gasteiger partial charge >= 0.3 is 0 Å². The molecule has 126 valence electrons. The molecular weight excluding hydrogens is 309 g/mol. The molecule has 1 aromatic carbocycles. The van der Waals surface area contributed by atoms with Crippen LogP contribution < -0.4 is 0 Å². The topological polar surface area (TPSA) is 59.2 Å². The maximum absolute atomic E-state index is 14.0. The summed E-state index contributed by atoms with van der Waals surface area (Å²) in [7, 11) is 0. The molecule has 0 bridgehead atoms. The molecule has 4 rings (SSSR count). The molecule has 0 N–H and O–H groups in total. The van der Waals surface area contributed by atoms with Crippen molar-refractivity contribution < 1.29 is 13.7 Å². The molecule has 1 aliphatic carbocycles.